The maximum atomic E-state index is 11.6. The van der Waals surface area contributed by atoms with Crippen molar-refractivity contribution in [3.05, 3.63) is 65.1 Å². The maximum absolute atomic E-state index is 11.6. The highest BCUT2D eigenvalue weighted by molar-refractivity contribution is 6.35. The van der Waals surface area contributed by atoms with Crippen LogP contribution in [-0.2, 0) is 7.05 Å². The number of hydrogen-bond donors (Lipinski definition) is 3. The standard InChI is InChI=1S/C21H18ClN5O4/c1-27-19-13(9-24-27)18(7-6-14(19)22)31-12-4-2-11(3-5-12)21-25-15(17(29)10-28)8-16(26-21)20(23)30/h2-9,17,28-29H,10H2,1H3,(H2,23,30). The molecule has 4 aromatic rings. The van der Waals surface area contributed by atoms with E-state index in [1.807, 2.05) is 0 Å². The Morgan fingerprint density at radius 3 is 2.65 bits per heavy atom. The largest absolute Gasteiger partial charge is 0.457 e. The van der Waals surface area contributed by atoms with Gasteiger partial charge in [-0.2, -0.15) is 5.10 Å². The van der Waals surface area contributed by atoms with E-state index in [1.54, 1.807) is 54.3 Å². The molecule has 0 spiro atoms. The summed E-state index contributed by atoms with van der Waals surface area (Å²) < 4.78 is 7.67. The Morgan fingerprint density at radius 2 is 1.97 bits per heavy atom. The van der Waals surface area contributed by atoms with Crippen LogP contribution in [0.5, 0.6) is 11.5 Å². The molecular weight excluding hydrogens is 422 g/mol. The summed E-state index contributed by atoms with van der Waals surface area (Å²) in [6, 6.07) is 11.6. The second-order valence-electron chi connectivity index (χ2n) is 6.77. The molecule has 2 aromatic heterocycles. The van der Waals surface area contributed by atoms with Gasteiger partial charge in [-0.1, -0.05) is 11.6 Å². The summed E-state index contributed by atoms with van der Waals surface area (Å²) in [4.78, 5) is 20.0. The van der Waals surface area contributed by atoms with Gasteiger partial charge in [-0.3, -0.25) is 9.48 Å². The van der Waals surface area contributed by atoms with Crippen LogP contribution >= 0.6 is 11.6 Å². The van der Waals surface area contributed by atoms with Gasteiger partial charge in [-0.25, -0.2) is 9.97 Å². The monoisotopic (exact) mass is 439 g/mol. The van der Waals surface area contributed by atoms with Gasteiger partial charge in [0.25, 0.3) is 5.91 Å². The molecule has 4 N–H and O–H groups in total. The smallest absolute Gasteiger partial charge is 0.267 e. The molecule has 1 atom stereocenters. The summed E-state index contributed by atoms with van der Waals surface area (Å²) in [5.41, 5.74) is 6.71. The van der Waals surface area contributed by atoms with E-state index in [-0.39, 0.29) is 17.2 Å². The van der Waals surface area contributed by atoms with Crippen LogP contribution in [0.1, 0.15) is 22.3 Å². The molecule has 0 fully saturated rings. The number of benzene rings is 2. The molecule has 31 heavy (non-hydrogen) atoms. The Bertz CT molecular complexity index is 1270. The van der Waals surface area contributed by atoms with Gasteiger partial charge in [0.2, 0.25) is 0 Å². The van der Waals surface area contributed by atoms with Gasteiger partial charge >= 0.3 is 0 Å². The fourth-order valence-corrected chi connectivity index (χ4v) is 3.38. The Labute approximate surface area is 181 Å². The molecule has 2 heterocycles. The molecule has 158 valence electrons. The lowest BCUT2D eigenvalue weighted by atomic mass is 10.1. The predicted octanol–water partition coefficient (Wildman–Crippen LogP) is 2.60. The number of primary amides is 1. The number of nitrogens with two attached hydrogens (primary N) is 1. The quantitative estimate of drug-likeness (QED) is 0.420. The summed E-state index contributed by atoms with van der Waals surface area (Å²) in [7, 11) is 1.80. The third kappa shape index (κ3) is 4.06. The van der Waals surface area contributed by atoms with E-state index in [0.29, 0.717) is 22.1 Å². The van der Waals surface area contributed by atoms with Crippen molar-refractivity contribution in [3.63, 3.8) is 0 Å². The molecule has 0 aliphatic heterocycles. The summed E-state index contributed by atoms with van der Waals surface area (Å²) in [6.07, 6.45) is 0.427. The van der Waals surface area contributed by atoms with Crippen LogP contribution < -0.4 is 10.5 Å². The first-order chi connectivity index (χ1) is 14.9. The highest BCUT2D eigenvalue weighted by Gasteiger charge is 2.16. The number of rotatable bonds is 6. The summed E-state index contributed by atoms with van der Waals surface area (Å²) >= 11 is 6.25. The van der Waals surface area contributed by atoms with Crippen LogP contribution in [0, 0.1) is 0 Å². The first-order valence-corrected chi connectivity index (χ1v) is 9.61. The van der Waals surface area contributed by atoms with E-state index in [0.717, 1.165) is 10.9 Å². The topological polar surface area (TPSA) is 136 Å². The minimum absolute atomic E-state index is 0.0621. The molecule has 0 bridgehead atoms. The molecule has 0 aliphatic carbocycles. The second-order valence-corrected chi connectivity index (χ2v) is 7.17. The minimum atomic E-state index is -1.26. The van der Waals surface area contributed by atoms with Crippen LogP contribution in [0.4, 0.5) is 0 Å². The van der Waals surface area contributed by atoms with Crippen molar-refractivity contribution in [2.24, 2.45) is 12.8 Å². The summed E-state index contributed by atoms with van der Waals surface area (Å²) in [5, 5.41) is 24.7. The number of aliphatic hydroxyl groups is 2. The number of amides is 1. The van der Waals surface area contributed by atoms with Crippen molar-refractivity contribution in [1.82, 2.24) is 19.7 Å². The Hall–Kier alpha value is -3.53. The number of nitrogens with zero attached hydrogens (tertiary/aromatic N) is 4. The van der Waals surface area contributed by atoms with Gasteiger partial charge < -0.3 is 20.7 Å². The minimum Gasteiger partial charge on any atom is -0.457 e. The second kappa shape index (κ2) is 8.31. The third-order valence-corrected chi connectivity index (χ3v) is 4.97. The van der Waals surface area contributed by atoms with E-state index in [1.165, 1.54) is 6.07 Å². The predicted molar refractivity (Wildman–Crippen MR) is 114 cm³/mol. The lowest BCUT2D eigenvalue weighted by molar-refractivity contribution is 0.0916. The van der Waals surface area contributed by atoms with Gasteiger partial charge in [0.15, 0.2) is 5.82 Å². The van der Waals surface area contributed by atoms with Crippen molar-refractivity contribution < 1.29 is 19.7 Å². The molecule has 1 unspecified atom stereocenters. The number of carbonyl (C=O) groups is 1. The van der Waals surface area contributed by atoms with Crippen molar-refractivity contribution >= 4 is 28.4 Å². The summed E-state index contributed by atoms with van der Waals surface area (Å²) in [6.45, 7) is -0.550. The molecule has 10 heteroatoms. The van der Waals surface area contributed by atoms with E-state index in [2.05, 4.69) is 15.1 Å². The zero-order valence-corrected chi connectivity index (χ0v) is 17.1. The van der Waals surface area contributed by atoms with Crippen LogP contribution in [-0.4, -0.2) is 42.5 Å². The number of ether oxygens (including phenoxy) is 1. The number of fused-ring (bicyclic) bond motifs is 1. The number of hydrogen-bond acceptors (Lipinski definition) is 7. The fraction of sp³-hybridized carbons (Fsp3) is 0.143. The van der Waals surface area contributed by atoms with Gasteiger partial charge in [0, 0.05) is 12.6 Å². The average molecular weight is 440 g/mol. The van der Waals surface area contributed by atoms with Crippen LogP contribution in [0.25, 0.3) is 22.3 Å². The third-order valence-electron chi connectivity index (χ3n) is 4.66. The maximum Gasteiger partial charge on any atom is 0.267 e. The summed E-state index contributed by atoms with van der Waals surface area (Å²) in [5.74, 6) is 0.572. The molecule has 0 aliphatic rings. The van der Waals surface area contributed by atoms with Crippen molar-refractivity contribution in [3.8, 4) is 22.9 Å². The zero-order chi connectivity index (χ0) is 22.1. The van der Waals surface area contributed by atoms with E-state index in [9.17, 15) is 15.0 Å². The molecule has 0 saturated carbocycles. The SMILES string of the molecule is Cn1ncc2c(Oc3ccc(-c4nc(C(N)=O)cc(C(O)CO)n4)cc3)ccc(Cl)c21. The highest BCUT2D eigenvalue weighted by atomic mass is 35.5. The lowest BCUT2D eigenvalue weighted by Crippen LogP contribution is -2.16. The Balaban J connectivity index is 1.66. The van der Waals surface area contributed by atoms with Crippen LogP contribution in [0.15, 0.2) is 48.7 Å². The number of aliphatic hydroxyl groups excluding tert-OH is 2. The van der Waals surface area contributed by atoms with Crippen LogP contribution in [0.2, 0.25) is 5.02 Å². The number of aryl methyl sites for hydroxylation is 1. The Morgan fingerprint density at radius 1 is 1.23 bits per heavy atom. The molecule has 0 radical (unpaired) electrons. The molecule has 2 aromatic carbocycles. The first kappa shape index (κ1) is 20.7. The van der Waals surface area contributed by atoms with Gasteiger partial charge in [0.05, 0.1) is 34.4 Å². The Kier molecular flexibility index (Phi) is 5.55. The van der Waals surface area contributed by atoms with E-state index < -0.39 is 18.6 Å². The average Bonchev–Trinajstić information content (AvgIpc) is 3.18. The van der Waals surface area contributed by atoms with Gasteiger partial charge in [-0.05, 0) is 42.5 Å². The first-order valence-electron chi connectivity index (χ1n) is 9.23. The van der Waals surface area contributed by atoms with Gasteiger partial charge in [0.1, 0.15) is 23.3 Å². The van der Waals surface area contributed by atoms with Crippen molar-refractivity contribution in [1.29, 1.82) is 0 Å². The molecule has 4 rings (SSSR count). The number of carbonyl (C=O) groups excluding carboxylic acids is 1. The molecule has 1 amide bonds. The zero-order valence-electron chi connectivity index (χ0n) is 16.4. The van der Waals surface area contributed by atoms with E-state index >= 15 is 0 Å². The molecule has 0 saturated heterocycles. The van der Waals surface area contributed by atoms with Crippen molar-refractivity contribution in [2.45, 2.75) is 6.10 Å². The van der Waals surface area contributed by atoms with Crippen LogP contribution in [0.3, 0.4) is 0 Å². The highest BCUT2D eigenvalue weighted by Crippen LogP contribution is 2.34. The number of halogens is 1. The molecule has 9 nitrogen and oxygen atoms in total. The van der Waals surface area contributed by atoms with Gasteiger partial charge in [-0.15, -0.1) is 0 Å². The van der Waals surface area contributed by atoms with E-state index in [4.69, 9.17) is 22.1 Å². The fourth-order valence-electron chi connectivity index (χ4n) is 3.09. The normalized spacial score (nSPS) is 12.1. The number of aromatic nitrogens is 4. The molecular formula is C21H18ClN5O4. The lowest BCUT2D eigenvalue weighted by Gasteiger charge is -2.11. The van der Waals surface area contributed by atoms with Crippen molar-refractivity contribution in [2.75, 3.05) is 6.61 Å².